The topological polar surface area (TPSA) is 36.4 Å². The van der Waals surface area contributed by atoms with Crippen molar-refractivity contribution in [2.24, 2.45) is 0 Å². The van der Waals surface area contributed by atoms with Gasteiger partial charge < -0.3 is 10.0 Å². The van der Waals surface area contributed by atoms with E-state index >= 15 is 0 Å². The van der Waals surface area contributed by atoms with E-state index in [4.69, 9.17) is 16.7 Å². The molecule has 1 aliphatic carbocycles. The van der Waals surface area contributed by atoms with Crippen molar-refractivity contribution >= 4 is 17.4 Å². The van der Waals surface area contributed by atoms with E-state index < -0.39 is 0 Å². The van der Waals surface area contributed by atoms with Crippen LogP contribution in [-0.2, 0) is 6.61 Å². The van der Waals surface area contributed by atoms with Crippen LogP contribution in [0.1, 0.15) is 37.8 Å². The van der Waals surface area contributed by atoms with Crippen LogP contribution in [0.3, 0.4) is 0 Å². The lowest BCUT2D eigenvalue weighted by Gasteiger charge is -2.32. The predicted octanol–water partition coefficient (Wildman–Crippen LogP) is 3.00. The maximum Gasteiger partial charge on any atom is 0.129 e. The zero-order chi connectivity index (χ0) is 12.3. The molecule has 1 aliphatic rings. The standard InChI is InChI=1S/C13H19ClN2O/c1-16(10-5-3-2-4-6-10)13-8-7-11(14)12(9-17)15-13/h7-8,10,17H,2-6,9H2,1H3. The van der Waals surface area contributed by atoms with Gasteiger partial charge in [0.15, 0.2) is 0 Å². The van der Waals surface area contributed by atoms with Gasteiger partial charge in [0.05, 0.1) is 17.3 Å². The molecule has 1 N–H and O–H groups in total. The van der Waals surface area contributed by atoms with E-state index in [1.54, 1.807) is 0 Å². The predicted molar refractivity (Wildman–Crippen MR) is 70.4 cm³/mol. The monoisotopic (exact) mass is 254 g/mol. The summed E-state index contributed by atoms with van der Waals surface area (Å²) < 4.78 is 0. The number of aromatic nitrogens is 1. The molecule has 17 heavy (non-hydrogen) atoms. The Morgan fingerprint density at radius 1 is 1.35 bits per heavy atom. The second kappa shape index (κ2) is 5.69. The fraction of sp³-hybridized carbons (Fsp3) is 0.615. The van der Waals surface area contributed by atoms with Gasteiger partial charge in [0.1, 0.15) is 5.82 Å². The third kappa shape index (κ3) is 2.90. The summed E-state index contributed by atoms with van der Waals surface area (Å²) in [6, 6.07) is 4.31. The average molecular weight is 255 g/mol. The van der Waals surface area contributed by atoms with Gasteiger partial charge in [0.2, 0.25) is 0 Å². The molecule has 1 fully saturated rings. The first-order chi connectivity index (χ1) is 8.22. The van der Waals surface area contributed by atoms with Gasteiger partial charge in [0.25, 0.3) is 0 Å². The van der Waals surface area contributed by atoms with Crippen molar-refractivity contribution in [2.45, 2.75) is 44.8 Å². The van der Waals surface area contributed by atoms with Crippen molar-refractivity contribution in [2.75, 3.05) is 11.9 Å². The molecule has 0 aliphatic heterocycles. The van der Waals surface area contributed by atoms with Gasteiger partial charge in [-0.25, -0.2) is 4.98 Å². The SMILES string of the molecule is CN(c1ccc(Cl)c(CO)n1)C1CCCCC1. The molecule has 94 valence electrons. The Morgan fingerprint density at radius 2 is 2.06 bits per heavy atom. The Labute approximate surface area is 107 Å². The summed E-state index contributed by atoms with van der Waals surface area (Å²) >= 11 is 5.95. The third-order valence-corrected chi connectivity index (χ3v) is 3.88. The summed E-state index contributed by atoms with van der Waals surface area (Å²) in [5.74, 6) is 0.908. The minimum atomic E-state index is -0.106. The first kappa shape index (κ1) is 12.7. The normalized spacial score (nSPS) is 17.1. The molecule has 0 spiro atoms. The third-order valence-electron chi connectivity index (χ3n) is 3.54. The molecular formula is C13H19ClN2O. The zero-order valence-corrected chi connectivity index (χ0v) is 11.0. The number of aliphatic hydroxyl groups excluding tert-OH is 1. The molecule has 0 saturated heterocycles. The number of hydrogen-bond acceptors (Lipinski definition) is 3. The molecule has 2 rings (SSSR count). The fourth-order valence-corrected chi connectivity index (χ4v) is 2.60. The molecule has 1 aromatic rings. The van der Waals surface area contributed by atoms with Crippen molar-refractivity contribution in [1.29, 1.82) is 0 Å². The van der Waals surface area contributed by atoms with E-state index in [1.807, 2.05) is 12.1 Å². The highest BCUT2D eigenvalue weighted by atomic mass is 35.5. The number of hydrogen-bond donors (Lipinski definition) is 1. The smallest absolute Gasteiger partial charge is 0.129 e. The zero-order valence-electron chi connectivity index (χ0n) is 10.2. The van der Waals surface area contributed by atoms with Crippen molar-refractivity contribution in [3.8, 4) is 0 Å². The number of aliphatic hydroxyl groups is 1. The molecule has 1 saturated carbocycles. The summed E-state index contributed by atoms with van der Waals surface area (Å²) in [7, 11) is 2.08. The van der Waals surface area contributed by atoms with Crippen molar-refractivity contribution in [1.82, 2.24) is 4.98 Å². The van der Waals surface area contributed by atoms with Crippen molar-refractivity contribution in [3.63, 3.8) is 0 Å². The van der Waals surface area contributed by atoms with E-state index in [1.165, 1.54) is 32.1 Å². The van der Waals surface area contributed by atoms with Gasteiger partial charge in [-0.1, -0.05) is 30.9 Å². The largest absolute Gasteiger partial charge is 0.390 e. The van der Waals surface area contributed by atoms with Crippen LogP contribution in [0.5, 0.6) is 0 Å². The van der Waals surface area contributed by atoms with Gasteiger partial charge in [-0.2, -0.15) is 0 Å². The van der Waals surface area contributed by atoms with Crippen LogP contribution in [0.25, 0.3) is 0 Å². The highest BCUT2D eigenvalue weighted by Crippen LogP contribution is 2.26. The van der Waals surface area contributed by atoms with Crippen LogP contribution in [0, 0.1) is 0 Å². The van der Waals surface area contributed by atoms with Crippen LogP contribution in [0.2, 0.25) is 5.02 Å². The lowest BCUT2D eigenvalue weighted by atomic mass is 9.94. The minimum absolute atomic E-state index is 0.106. The second-order valence-corrected chi connectivity index (χ2v) is 5.07. The number of rotatable bonds is 3. The summed E-state index contributed by atoms with van der Waals surface area (Å²) in [4.78, 5) is 6.63. The highest BCUT2D eigenvalue weighted by Gasteiger charge is 2.19. The van der Waals surface area contributed by atoms with Crippen LogP contribution >= 0.6 is 11.6 Å². The maximum atomic E-state index is 9.17. The summed E-state index contributed by atoms with van der Waals surface area (Å²) in [5.41, 5.74) is 0.562. The summed E-state index contributed by atoms with van der Waals surface area (Å²) in [6.45, 7) is -0.106. The molecular weight excluding hydrogens is 236 g/mol. The second-order valence-electron chi connectivity index (χ2n) is 4.66. The highest BCUT2D eigenvalue weighted by molar-refractivity contribution is 6.31. The molecule has 0 unspecified atom stereocenters. The Balaban J connectivity index is 2.15. The first-order valence-corrected chi connectivity index (χ1v) is 6.59. The summed E-state index contributed by atoms with van der Waals surface area (Å²) in [6.07, 6.45) is 6.41. The molecule has 1 heterocycles. The van der Waals surface area contributed by atoms with Crippen LogP contribution in [0.15, 0.2) is 12.1 Å². The number of nitrogens with zero attached hydrogens (tertiary/aromatic N) is 2. The Bertz CT molecular complexity index is 378. The van der Waals surface area contributed by atoms with Gasteiger partial charge >= 0.3 is 0 Å². The molecule has 3 nitrogen and oxygen atoms in total. The van der Waals surface area contributed by atoms with Gasteiger partial charge in [-0.05, 0) is 25.0 Å². The molecule has 0 bridgehead atoms. The summed E-state index contributed by atoms with van der Waals surface area (Å²) in [5, 5.41) is 9.70. The molecule has 0 radical (unpaired) electrons. The number of halogens is 1. The quantitative estimate of drug-likeness (QED) is 0.901. The Morgan fingerprint density at radius 3 is 2.71 bits per heavy atom. The van der Waals surface area contributed by atoms with Crippen LogP contribution in [-0.4, -0.2) is 23.2 Å². The van der Waals surface area contributed by atoms with E-state index in [2.05, 4.69) is 16.9 Å². The molecule has 4 heteroatoms. The van der Waals surface area contributed by atoms with Crippen LogP contribution in [0.4, 0.5) is 5.82 Å². The van der Waals surface area contributed by atoms with Gasteiger partial charge in [-0.15, -0.1) is 0 Å². The fourth-order valence-electron chi connectivity index (χ4n) is 2.44. The lowest BCUT2D eigenvalue weighted by Crippen LogP contribution is -2.34. The van der Waals surface area contributed by atoms with Crippen LogP contribution < -0.4 is 4.90 Å². The van der Waals surface area contributed by atoms with E-state index in [9.17, 15) is 0 Å². The maximum absolute atomic E-state index is 9.17. The van der Waals surface area contributed by atoms with Gasteiger partial charge in [-0.3, -0.25) is 0 Å². The van der Waals surface area contributed by atoms with Crippen molar-refractivity contribution < 1.29 is 5.11 Å². The molecule has 1 aromatic heterocycles. The van der Waals surface area contributed by atoms with E-state index in [0.29, 0.717) is 16.8 Å². The molecule has 0 atom stereocenters. The van der Waals surface area contributed by atoms with E-state index in [0.717, 1.165) is 5.82 Å². The van der Waals surface area contributed by atoms with Crippen molar-refractivity contribution in [3.05, 3.63) is 22.8 Å². The minimum Gasteiger partial charge on any atom is -0.390 e. The number of anilines is 1. The average Bonchev–Trinajstić information content (AvgIpc) is 2.39. The van der Waals surface area contributed by atoms with E-state index in [-0.39, 0.29) is 6.61 Å². The Hall–Kier alpha value is -0.800. The molecule has 0 aromatic carbocycles. The Kier molecular flexibility index (Phi) is 4.24. The molecule has 0 amide bonds. The lowest BCUT2D eigenvalue weighted by molar-refractivity contribution is 0.277. The van der Waals surface area contributed by atoms with Gasteiger partial charge in [0, 0.05) is 13.1 Å². The number of pyridine rings is 1. The first-order valence-electron chi connectivity index (χ1n) is 6.21.